The van der Waals surface area contributed by atoms with Gasteiger partial charge in [0.25, 0.3) is 0 Å². The molecule has 28 heteroatoms. The van der Waals surface area contributed by atoms with Gasteiger partial charge in [-0.3, -0.25) is 9.05 Å². The summed E-state index contributed by atoms with van der Waals surface area (Å²) in [6, 6.07) is 0. The minimum Gasteiger partial charge on any atom is -0.309 e. The van der Waals surface area contributed by atoms with Gasteiger partial charge in [-0.2, -0.15) is 48.7 Å². The molecule has 0 aliphatic carbocycles. The first kappa shape index (κ1) is 38.0. The largest absolute Gasteiger partial charge is 0.347 e. The van der Waals surface area contributed by atoms with Crippen molar-refractivity contribution in [2.45, 2.75) is 49.4 Å². The molecule has 40 heavy (non-hydrogen) atoms. The first-order chi connectivity index (χ1) is 17.7. The molecule has 0 aromatic heterocycles. The van der Waals surface area contributed by atoms with Crippen molar-refractivity contribution in [2.24, 2.45) is 13.5 Å². The summed E-state index contributed by atoms with van der Waals surface area (Å²) in [5.74, 6) is -20.8. The van der Waals surface area contributed by atoms with Crippen LogP contribution in [0, 0.1) is 0 Å². The molecule has 1 rings (SSSR count). The fourth-order valence-corrected chi connectivity index (χ4v) is 13.2. The van der Waals surface area contributed by atoms with Crippen LogP contribution in [0.3, 0.4) is 0 Å². The molecule has 2 unspecified atom stereocenters. The van der Waals surface area contributed by atoms with E-state index in [0.29, 0.717) is 0 Å². The third kappa shape index (κ3) is 10.6. The van der Waals surface area contributed by atoms with Crippen molar-refractivity contribution in [3.05, 3.63) is 0 Å². The second kappa shape index (κ2) is 13.3. The standard InChI is InChI=1S/C12H12Cl2F16N3O4P3/c13-38(34-1-9(23,24)5(15)16)31-39(14,35-2-10(25,26)6(17)18)33-40(32-38,36-3-11(27,28)7(19)20)37-4-12(29,30)8(21)22/h5-8H,1-4H2. The molecule has 0 saturated heterocycles. The van der Waals surface area contributed by atoms with Gasteiger partial charge in [0.05, 0.1) is 0 Å². The summed E-state index contributed by atoms with van der Waals surface area (Å²) in [5, 5.41) is 0. The molecule has 1 aliphatic rings. The molecule has 0 fully saturated rings. The van der Waals surface area contributed by atoms with E-state index in [1.54, 1.807) is 0 Å². The SMILES string of the molecule is FC(F)C(F)(F)COP1(Cl)=NP(Cl)(OCC(F)(F)C(F)F)=NP(OCC(F)(F)C(F)F)(OCC(F)(F)C(F)F)=N1. The van der Waals surface area contributed by atoms with Crippen molar-refractivity contribution in [3.63, 3.8) is 0 Å². The van der Waals surface area contributed by atoms with E-state index in [9.17, 15) is 70.2 Å². The first-order valence-corrected chi connectivity index (χ1v) is 15.8. The minimum absolute atomic E-state index is 2.53. The number of hydrogen-bond donors (Lipinski definition) is 0. The summed E-state index contributed by atoms with van der Waals surface area (Å²) < 4.78 is 233. The monoisotopic (exact) mass is 729 g/mol. The lowest BCUT2D eigenvalue weighted by atomic mass is 10.4. The number of hydrogen-bond acceptors (Lipinski definition) is 7. The van der Waals surface area contributed by atoms with Crippen molar-refractivity contribution < 1.29 is 88.3 Å². The molecule has 0 aromatic rings. The highest BCUT2D eigenvalue weighted by Gasteiger charge is 2.51. The van der Waals surface area contributed by atoms with Crippen LogP contribution < -0.4 is 0 Å². The van der Waals surface area contributed by atoms with Gasteiger partial charge < -0.3 is 9.05 Å². The van der Waals surface area contributed by atoms with Gasteiger partial charge in [-0.25, -0.2) is 35.1 Å². The molecule has 0 radical (unpaired) electrons. The van der Waals surface area contributed by atoms with Crippen LogP contribution in [0.15, 0.2) is 13.5 Å². The van der Waals surface area contributed by atoms with Gasteiger partial charge in [0.15, 0.2) is 0 Å². The van der Waals surface area contributed by atoms with Crippen LogP contribution in [-0.4, -0.2) is 75.8 Å². The predicted molar refractivity (Wildman–Crippen MR) is 107 cm³/mol. The Labute approximate surface area is 222 Å². The van der Waals surface area contributed by atoms with E-state index < -0.39 is 97.0 Å². The molecular weight excluding hydrogens is 718 g/mol. The molecule has 1 heterocycles. The average Bonchev–Trinajstić information content (AvgIpc) is 2.79. The molecule has 0 spiro atoms. The summed E-state index contributed by atoms with van der Waals surface area (Å²) >= 11 is 11.3. The summed E-state index contributed by atoms with van der Waals surface area (Å²) in [4.78, 5) is 0. The minimum atomic E-state index is -5.87. The van der Waals surface area contributed by atoms with Gasteiger partial charge in [0.1, 0.15) is 26.4 Å². The van der Waals surface area contributed by atoms with Crippen LogP contribution >= 0.6 is 43.7 Å². The van der Waals surface area contributed by atoms with Crippen LogP contribution in [0.2, 0.25) is 0 Å². The lowest BCUT2D eigenvalue weighted by Crippen LogP contribution is -2.34. The third-order valence-electron chi connectivity index (χ3n) is 3.64. The zero-order valence-electron chi connectivity index (χ0n) is 18.3. The highest BCUT2D eigenvalue weighted by molar-refractivity contribution is 8.00. The van der Waals surface area contributed by atoms with Crippen molar-refractivity contribution in [2.75, 3.05) is 26.4 Å². The second-order valence-corrected chi connectivity index (χ2v) is 15.7. The van der Waals surface area contributed by atoms with Crippen LogP contribution in [0.4, 0.5) is 70.2 Å². The van der Waals surface area contributed by atoms with Crippen molar-refractivity contribution >= 4 is 43.7 Å². The molecule has 0 saturated carbocycles. The normalized spacial score (nSPS) is 24.4. The Morgan fingerprint density at radius 3 is 0.975 bits per heavy atom. The first-order valence-electron chi connectivity index (χ1n) is 9.25. The molecule has 7 nitrogen and oxygen atoms in total. The average molecular weight is 730 g/mol. The number of rotatable bonds is 16. The Bertz CT molecular complexity index is 992. The molecular formula is C12H12Cl2F16N3O4P3. The van der Waals surface area contributed by atoms with E-state index in [-0.39, 0.29) is 0 Å². The highest BCUT2D eigenvalue weighted by atomic mass is 35.7. The van der Waals surface area contributed by atoms with Crippen molar-refractivity contribution in [1.82, 2.24) is 0 Å². The van der Waals surface area contributed by atoms with E-state index in [0.717, 1.165) is 0 Å². The molecule has 0 amide bonds. The van der Waals surface area contributed by atoms with Gasteiger partial charge in [0, 0.05) is 0 Å². The van der Waals surface area contributed by atoms with E-state index >= 15 is 0 Å². The lowest BCUT2D eigenvalue weighted by molar-refractivity contribution is -0.157. The molecule has 0 N–H and O–H groups in total. The maximum absolute atomic E-state index is 13.5. The topological polar surface area (TPSA) is 74.0 Å². The van der Waals surface area contributed by atoms with Crippen LogP contribution in [-0.2, 0) is 18.1 Å². The quantitative estimate of drug-likeness (QED) is 0.117. The van der Waals surface area contributed by atoms with Crippen LogP contribution in [0.5, 0.6) is 0 Å². The Hall–Kier alpha value is -0.0100. The Morgan fingerprint density at radius 2 is 0.700 bits per heavy atom. The number of halogens is 18. The number of alkyl halides is 16. The van der Waals surface area contributed by atoms with Crippen molar-refractivity contribution in [3.8, 4) is 0 Å². The summed E-state index contributed by atoms with van der Waals surface area (Å²) in [5.41, 5.74) is 0. The molecule has 1 aliphatic heterocycles. The highest BCUT2D eigenvalue weighted by Crippen LogP contribution is 2.83. The van der Waals surface area contributed by atoms with Gasteiger partial charge in [-0.1, -0.05) is 0 Å². The van der Waals surface area contributed by atoms with Gasteiger partial charge in [-0.05, 0) is 22.5 Å². The van der Waals surface area contributed by atoms with Crippen LogP contribution in [0.25, 0.3) is 0 Å². The fraction of sp³-hybridized carbons (Fsp3) is 1.00. The summed E-state index contributed by atoms with van der Waals surface area (Å²) in [6.45, 7) is -21.3. The molecule has 0 aromatic carbocycles. The summed E-state index contributed by atoms with van der Waals surface area (Å²) in [7, 11) is -5.87. The second-order valence-electron chi connectivity index (χ2n) is 7.05. The van der Waals surface area contributed by atoms with E-state index in [2.05, 4.69) is 31.6 Å². The van der Waals surface area contributed by atoms with Gasteiger partial charge >= 0.3 is 70.6 Å². The van der Waals surface area contributed by atoms with E-state index in [1.165, 1.54) is 0 Å². The Morgan fingerprint density at radius 1 is 0.450 bits per heavy atom. The summed E-state index contributed by atoms with van der Waals surface area (Å²) in [6.07, 6.45) is -18.3. The lowest BCUT2D eigenvalue weighted by Gasteiger charge is -2.31. The smallest absolute Gasteiger partial charge is 0.309 e. The zero-order valence-corrected chi connectivity index (χ0v) is 22.5. The predicted octanol–water partition coefficient (Wildman–Crippen LogP) is 9.98. The Kier molecular flexibility index (Phi) is 12.7. The van der Waals surface area contributed by atoms with Crippen molar-refractivity contribution in [1.29, 1.82) is 0 Å². The molecule has 240 valence electrons. The third-order valence-corrected chi connectivity index (χ3v) is 13.8. The van der Waals surface area contributed by atoms with E-state index in [1.807, 2.05) is 0 Å². The van der Waals surface area contributed by atoms with E-state index in [4.69, 9.17) is 22.5 Å². The fourth-order valence-electron chi connectivity index (χ4n) is 1.64. The zero-order chi connectivity index (χ0) is 31.6. The van der Waals surface area contributed by atoms with Crippen LogP contribution in [0.1, 0.15) is 0 Å². The maximum atomic E-state index is 13.5. The Balaban J connectivity index is 3.80. The molecule has 0 bridgehead atoms. The van der Waals surface area contributed by atoms with Gasteiger partial charge in [0.2, 0.25) is 0 Å². The maximum Gasteiger partial charge on any atom is 0.347 e. The van der Waals surface area contributed by atoms with Gasteiger partial charge in [-0.15, -0.1) is 0 Å². The molecule has 2 atom stereocenters. The number of nitrogens with zero attached hydrogens (tertiary/aromatic N) is 3.